The quantitative estimate of drug-likeness (QED) is 0.784. The van der Waals surface area contributed by atoms with Crippen molar-refractivity contribution in [1.82, 2.24) is 9.78 Å². The first kappa shape index (κ1) is 12.2. The third-order valence-corrected chi connectivity index (χ3v) is 4.60. The minimum Gasteiger partial charge on any atom is -0.269 e. The molecule has 1 aromatic rings. The number of hydrogen-bond donors (Lipinski definition) is 0. The number of hydrogen-bond acceptors (Lipinski definition) is 3. The first-order chi connectivity index (χ1) is 6.83. The molecule has 0 spiro atoms. The van der Waals surface area contributed by atoms with Crippen LogP contribution in [0.3, 0.4) is 0 Å². The molecular weight excluding hydrogens is 212 g/mol. The lowest BCUT2D eigenvalue weighted by Gasteiger charge is -2.08. The van der Waals surface area contributed by atoms with Crippen molar-refractivity contribution in [3.8, 4) is 0 Å². The summed E-state index contributed by atoms with van der Waals surface area (Å²) in [7, 11) is -2.96. The maximum Gasteiger partial charge on any atom is 0.154 e. The summed E-state index contributed by atoms with van der Waals surface area (Å²) in [6.07, 6.45) is 0. The van der Waals surface area contributed by atoms with Gasteiger partial charge >= 0.3 is 0 Å². The molecule has 1 aromatic heterocycles. The highest BCUT2D eigenvalue weighted by Crippen LogP contribution is 2.05. The molecule has 4 nitrogen and oxygen atoms in total. The van der Waals surface area contributed by atoms with E-state index < -0.39 is 9.84 Å². The largest absolute Gasteiger partial charge is 0.269 e. The van der Waals surface area contributed by atoms with Gasteiger partial charge in [-0.25, -0.2) is 8.42 Å². The molecule has 0 aromatic carbocycles. The fourth-order valence-corrected chi connectivity index (χ4v) is 2.25. The summed E-state index contributed by atoms with van der Waals surface area (Å²) in [6, 6.07) is 1.95. The highest BCUT2D eigenvalue weighted by Gasteiger charge is 2.16. The van der Waals surface area contributed by atoms with Gasteiger partial charge < -0.3 is 0 Å². The van der Waals surface area contributed by atoms with Gasteiger partial charge in [-0.2, -0.15) is 5.10 Å². The average Bonchev–Trinajstić information content (AvgIpc) is 2.41. The fourth-order valence-electron chi connectivity index (χ4n) is 1.35. The van der Waals surface area contributed by atoms with E-state index in [1.807, 2.05) is 19.9 Å². The van der Waals surface area contributed by atoms with Crippen molar-refractivity contribution in [1.29, 1.82) is 0 Å². The molecule has 0 saturated heterocycles. The van der Waals surface area contributed by atoms with Crippen LogP contribution in [0.4, 0.5) is 0 Å². The summed E-state index contributed by atoms with van der Waals surface area (Å²) in [5, 5.41) is 3.91. The highest BCUT2D eigenvalue weighted by molar-refractivity contribution is 7.91. The van der Waals surface area contributed by atoms with E-state index >= 15 is 0 Å². The molecule has 1 heterocycles. The van der Waals surface area contributed by atoms with Crippen molar-refractivity contribution in [2.24, 2.45) is 0 Å². The second-order valence-electron chi connectivity index (χ2n) is 4.07. The minimum atomic E-state index is -2.96. The number of aromatic nitrogens is 2. The molecule has 0 bridgehead atoms. The zero-order valence-corrected chi connectivity index (χ0v) is 10.5. The SMILES string of the molecule is Cc1cc(C)n(CCS(=O)(=O)C(C)C)n1. The van der Waals surface area contributed by atoms with Gasteiger partial charge in [0.25, 0.3) is 0 Å². The van der Waals surface area contributed by atoms with Crippen molar-refractivity contribution in [2.45, 2.75) is 39.5 Å². The van der Waals surface area contributed by atoms with Crippen molar-refractivity contribution < 1.29 is 8.42 Å². The molecular formula is C10H18N2O2S. The Bertz CT molecular complexity index is 432. The molecule has 0 aliphatic carbocycles. The number of aryl methyl sites for hydroxylation is 3. The lowest BCUT2D eigenvalue weighted by atomic mass is 10.4. The van der Waals surface area contributed by atoms with Gasteiger partial charge in [-0.15, -0.1) is 0 Å². The van der Waals surface area contributed by atoms with Gasteiger partial charge in [0.1, 0.15) is 0 Å². The fraction of sp³-hybridized carbons (Fsp3) is 0.700. The smallest absolute Gasteiger partial charge is 0.154 e. The van der Waals surface area contributed by atoms with Crippen LogP contribution < -0.4 is 0 Å². The van der Waals surface area contributed by atoms with Crippen molar-refractivity contribution in [3.05, 3.63) is 17.5 Å². The van der Waals surface area contributed by atoms with Crippen LogP contribution in [-0.2, 0) is 16.4 Å². The van der Waals surface area contributed by atoms with Gasteiger partial charge in [0.05, 0.1) is 23.2 Å². The molecule has 0 aliphatic rings. The standard InChI is InChI=1S/C10H18N2O2S/c1-8(2)15(13,14)6-5-12-10(4)7-9(3)11-12/h7-8H,5-6H2,1-4H3. The topological polar surface area (TPSA) is 52.0 Å². The zero-order chi connectivity index (χ0) is 11.6. The van der Waals surface area contributed by atoms with E-state index in [1.54, 1.807) is 18.5 Å². The lowest BCUT2D eigenvalue weighted by Crippen LogP contribution is -2.22. The first-order valence-electron chi connectivity index (χ1n) is 5.05. The molecule has 0 aliphatic heterocycles. The molecule has 5 heteroatoms. The van der Waals surface area contributed by atoms with Crippen LogP contribution in [0.25, 0.3) is 0 Å². The molecule has 0 atom stereocenters. The van der Waals surface area contributed by atoms with Crippen LogP contribution in [0.2, 0.25) is 0 Å². The van der Waals surface area contributed by atoms with Gasteiger partial charge in [0, 0.05) is 5.69 Å². The Hall–Kier alpha value is -0.840. The molecule has 15 heavy (non-hydrogen) atoms. The Labute approximate surface area is 91.2 Å². The summed E-state index contributed by atoms with van der Waals surface area (Å²) < 4.78 is 24.9. The molecule has 0 N–H and O–H groups in total. The van der Waals surface area contributed by atoms with E-state index in [1.165, 1.54) is 0 Å². The van der Waals surface area contributed by atoms with E-state index in [0.717, 1.165) is 11.4 Å². The van der Waals surface area contributed by atoms with Crippen LogP contribution in [0.1, 0.15) is 25.2 Å². The predicted octanol–water partition coefficient (Wildman–Crippen LogP) is 1.32. The summed E-state index contributed by atoms with van der Waals surface area (Å²) in [5.41, 5.74) is 1.93. The highest BCUT2D eigenvalue weighted by atomic mass is 32.2. The van der Waals surface area contributed by atoms with Crippen LogP contribution in [-0.4, -0.2) is 29.2 Å². The van der Waals surface area contributed by atoms with Gasteiger partial charge in [-0.05, 0) is 33.8 Å². The molecule has 0 fully saturated rings. The maximum atomic E-state index is 11.6. The molecule has 1 rings (SSSR count). The molecule has 86 valence electrons. The van der Waals surface area contributed by atoms with Crippen LogP contribution >= 0.6 is 0 Å². The van der Waals surface area contributed by atoms with E-state index in [9.17, 15) is 8.42 Å². The van der Waals surface area contributed by atoms with Crippen molar-refractivity contribution in [2.75, 3.05) is 5.75 Å². The number of nitrogens with zero attached hydrogens (tertiary/aromatic N) is 2. The summed E-state index contributed by atoms with van der Waals surface area (Å²) in [6.45, 7) is 7.69. The van der Waals surface area contributed by atoms with Crippen LogP contribution in [0.15, 0.2) is 6.07 Å². The zero-order valence-electron chi connectivity index (χ0n) is 9.69. The third-order valence-electron chi connectivity index (χ3n) is 2.41. The maximum absolute atomic E-state index is 11.6. The summed E-state index contributed by atoms with van der Waals surface area (Å²) in [5.74, 6) is 0.159. The van der Waals surface area contributed by atoms with Crippen molar-refractivity contribution >= 4 is 9.84 Å². The Morgan fingerprint density at radius 3 is 2.40 bits per heavy atom. The second kappa shape index (κ2) is 4.35. The lowest BCUT2D eigenvalue weighted by molar-refractivity contribution is 0.569. The van der Waals surface area contributed by atoms with Crippen molar-refractivity contribution in [3.63, 3.8) is 0 Å². The molecule has 0 unspecified atom stereocenters. The van der Waals surface area contributed by atoms with Gasteiger partial charge in [-0.1, -0.05) is 0 Å². The number of sulfone groups is 1. The second-order valence-corrected chi connectivity index (χ2v) is 6.74. The van der Waals surface area contributed by atoms with Crippen LogP contribution in [0, 0.1) is 13.8 Å². The Balaban J connectivity index is 2.70. The van der Waals surface area contributed by atoms with Crippen LogP contribution in [0.5, 0.6) is 0 Å². The van der Waals surface area contributed by atoms with E-state index in [4.69, 9.17) is 0 Å². The molecule has 0 radical (unpaired) electrons. The average molecular weight is 230 g/mol. The first-order valence-corrected chi connectivity index (χ1v) is 6.77. The Morgan fingerprint density at radius 1 is 1.40 bits per heavy atom. The van der Waals surface area contributed by atoms with Gasteiger partial charge in [-0.3, -0.25) is 4.68 Å². The predicted molar refractivity (Wildman–Crippen MR) is 60.6 cm³/mol. The Morgan fingerprint density at radius 2 is 2.00 bits per heavy atom. The molecule has 0 saturated carbocycles. The summed E-state index contributed by atoms with van der Waals surface area (Å²) >= 11 is 0. The van der Waals surface area contributed by atoms with E-state index in [0.29, 0.717) is 6.54 Å². The normalized spacial score (nSPS) is 12.3. The Kier molecular flexibility index (Phi) is 3.54. The van der Waals surface area contributed by atoms with E-state index in [2.05, 4.69) is 5.10 Å². The monoisotopic (exact) mass is 230 g/mol. The van der Waals surface area contributed by atoms with E-state index in [-0.39, 0.29) is 11.0 Å². The summed E-state index contributed by atoms with van der Waals surface area (Å²) in [4.78, 5) is 0. The third kappa shape index (κ3) is 3.06. The van der Waals surface area contributed by atoms with Gasteiger partial charge in [0.2, 0.25) is 0 Å². The molecule has 0 amide bonds. The number of rotatable bonds is 4. The van der Waals surface area contributed by atoms with Gasteiger partial charge in [0.15, 0.2) is 9.84 Å². The minimum absolute atomic E-state index is 0.159.